The van der Waals surface area contributed by atoms with Crippen molar-refractivity contribution in [2.45, 2.75) is 76.4 Å². The summed E-state index contributed by atoms with van der Waals surface area (Å²) in [5, 5.41) is 0. The molecule has 0 N–H and O–H groups in total. The Hall–Kier alpha value is -2.08. The third-order valence-electron chi connectivity index (χ3n) is 8.61. The maximum absolute atomic E-state index is 13.4. The van der Waals surface area contributed by atoms with Gasteiger partial charge in [0.1, 0.15) is 11.6 Å². The zero-order valence-electron chi connectivity index (χ0n) is 18.7. The van der Waals surface area contributed by atoms with Crippen molar-refractivity contribution in [2.75, 3.05) is 26.2 Å². The molecule has 3 aliphatic heterocycles. The number of hydrogen-bond donors (Lipinski definition) is 0. The fraction of sp³-hybridized carbons (Fsp3) is 0.680. The summed E-state index contributed by atoms with van der Waals surface area (Å²) in [5.41, 5.74) is 4.59. The Kier molecular flexibility index (Phi) is 4.57. The van der Waals surface area contributed by atoms with Gasteiger partial charge in [-0.05, 0) is 79.5 Å². The van der Waals surface area contributed by atoms with E-state index in [1.165, 1.54) is 17.5 Å². The Bertz CT molecular complexity index is 1000. The molecule has 0 spiro atoms. The molecule has 1 aromatic heterocycles. The van der Waals surface area contributed by atoms with E-state index in [0.717, 1.165) is 81.8 Å². The Morgan fingerprint density at radius 3 is 2.77 bits per heavy atom. The van der Waals surface area contributed by atoms with E-state index in [1.54, 1.807) is 0 Å². The lowest BCUT2D eigenvalue weighted by Gasteiger charge is -2.55. The molecule has 2 amide bonds. The Morgan fingerprint density at radius 2 is 2.00 bits per heavy atom. The van der Waals surface area contributed by atoms with Gasteiger partial charge >= 0.3 is 6.03 Å². The van der Waals surface area contributed by atoms with Gasteiger partial charge in [-0.15, -0.1) is 0 Å². The quantitative estimate of drug-likeness (QED) is 0.660. The zero-order valence-corrected chi connectivity index (χ0v) is 18.7. The van der Waals surface area contributed by atoms with Crippen molar-refractivity contribution >= 4 is 17.1 Å². The predicted molar refractivity (Wildman–Crippen MR) is 118 cm³/mol. The van der Waals surface area contributed by atoms with Crippen molar-refractivity contribution in [1.29, 1.82) is 0 Å². The molecule has 3 fully saturated rings. The topological polar surface area (TPSA) is 58.8 Å². The van der Waals surface area contributed by atoms with E-state index in [9.17, 15) is 4.79 Å². The van der Waals surface area contributed by atoms with Crippen molar-refractivity contribution in [3.05, 3.63) is 29.2 Å². The van der Waals surface area contributed by atoms with Crippen molar-refractivity contribution in [1.82, 2.24) is 14.8 Å². The highest BCUT2D eigenvalue weighted by Crippen LogP contribution is 2.50. The second kappa shape index (κ2) is 7.22. The second-order valence-corrected chi connectivity index (χ2v) is 10.3. The van der Waals surface area contributed by atoms with Crippen LogP contribution >= 0.6 is 0 Å². The van der Waals surface area contributed by atoms with Gasteiger partial charge in [0.15, 0.2) is 5.58 Å². The standard InChI is InChI=1S/C25H33N3O3/c1-16-20-13-17-14-22-19(26-23(31-22)21-7-6-12-30-21)15-18(17)25(16,2)8-11-28(20)24(29)27-9-4-3-5-10-27/h14-16,20-21H,3-13H2,1-2H3/t16-,20-,21?,25-/m1/s1. The van der Waals surface area contributed by atoms with Gasteiger partial charge in [-0.2, -0.15) is 0 Å². The number of carbonyl (C=O) groups excluding carboxylic acids is 1. The summed E-state index contributed by atoms with van der Waals surface area (Å²) in [5.74, 6) is 1.14. The van der Waals surface area contributed by atoms with E-state index in [-0.39, 0.29) is 23.6 Å². The number of hydrogen-bond acceptors (Lipinski definition) is 4. The Balaban J connectivity index is 1.35. The number of benzene rings is 1. The van der Waals surface area contributed by atoms with Gasteiger partial charge in [-0.1, -0.05) is 13.8 Å². The molecule has 4 heterocycles. The van der Waals surface area contributed by atoms with E-state index in [2.05, 4.69) is 35.8 Å². The molecule has 2 aromatic rings. The van der Waals surface area contributed by atoms with E-state index < -0.39 is 0 Å². The van der Waals surface area contributed by atoms with Crippen molar-refractivity contribution in [3.8, 4) is 0 Å². The molecule has 1 aromatic carbocycles. The lowest BCUT2D eigenvalue weighted by atomic mass is 9.59. The van der Waals surface area contributed by atoms with Crippen LogP contribution in [-0.4, -0.2) is 53.1 Å². The first-order valence-corrected chi connectivity index (χ1v) is 12.2. The molecule has 4 aliphatic rings. The normalized spacial score (nSPS) is 33.0. The minimum Gasteiger partial charge on any atom is -0.438 e. The van der Waals surface area contributed by atoms with Gasteiger partial charge in [-0.3, -0.25) is 0 Å². The lowest BCUT2D eigenvalue weighted by Crippen LogP contribution is -2.62. The van der Waals surface area contributed by atoms with Crippen molar-refractivity contribution in [3.63, 3.8) is 0 Å². The summed E-state index contributed by atoms with van der Waals surface area (Å²) < 4.78 is 11.9. The van der Waals surface area contributed by atoms with Crippen LogP contribution in [0.4, 0.5) is 4.79 Å². The van der Waals surface area contributed by atoms with Crippen LogP contribution in [0.3, 0.4) is 0 Å². The molecule has 1 unspecified atom stereocenters. The maximum atomic E-state index is 13.4. The van der Waals surface area contributed by atoms with Crippen molar-refractivity contribution < 1.29 is 13.9 Å². The predicted octanol–water partition coefficient (Wildman–Crippen LogP) is 4.81. The number of amides is 2. The fourth-order valence-electron chi connectivity index (χ4n) is 6.48. The number of ether oxygens (including phenoxy) is 1. The first-order valence-electron chi connectivity index (χ1n) is 12.2. The van der Waals surface area contributed by atoms with Crippen LogP contribution in [0.2, 0.25) is 0 Å². The van der Waals surface area contributed by atoms with Crippen molar-refractivity contribution in [2.24, 2.45) is 5.92 Å². The number of nitrogens with zero attached hydrogens (tertiary/aromatic N) is 3. The molecule has 0 saturated carbocycles. The summed E-state index contributed by atoms with van der Waals surface area (Å²) >= 11 is 0. The smallest absolute Gasteiger partial charge is 0.320 e. The van der Waals surface area contributed by atoms with Gasteiger partial charge in [0, 0.05) is 32.3 Å². The molecule has 6 rings (SSSR count). The molecule has 31 heavy (non-hydrogen) atoms. The molecular weight excluding hydrogens is 390 g/mol. The molecule has 3 saturated heterocycles. The number of likely N-dealkylation sites (tertiary alicyclic amines) is 2. The highest BCUT2D eigenvalue weighted by molar-refractivity contribution is 5.78. The van der Waals surface area contributed by atoms with Gasteiger partial charge < -0.3 is 19.0 Å². The van der Waals surface area contributed by atoms with Gasteiger partial charge in [0.2, 0.25) is 5.89 Å². The summed E-state index contributed by atoms with van der Waals surface area (Å²) in [6, 6.07) is 4.96. The highest BCUT2D eigenvalue weighted by atomic mass is 16.5. The third kappa shape index (κ3) is 3.01. The average molecular weight is 424 g/mol. The van der Waals surface area contributed by atoms with Crippen LogP contribution in [0.25, 0.3) is 11.1 Å². The average Bonchev–Trinajstić information content (AvgIpc) is 3.45. The summed E-state index contributed by atoms with van der Waals surface area (Å²) in [6.07, 6.45) is 7.46. The van der Waals surface area contributed by atoms with Crippen LogP contribution in [0.15, 0.2) is 16.5 Å². The van der Waals surface area contributed by atoms with Crippen LogP contribution in [-0.2, 0) is 16.6 Å². The number of fused-ring (bicyclic) bond motifs is 5. The summed E-state index contributed by atoms with van der Waals surface area (Å²) in [6.45, 7) is 8.19. The van der Waals surface area contributed by atoms with Gasteiger partial charge in [0.05, 0.1) is 0 Å². The van der Waals surface area contributed by atoms with E-state index in [0.29, 0.717) is 5.92 Å². The van der Waals surface area contributed by atoms with E-state index >= 15 is 0 Å². The molecule has 166 valence electrons. The number of urea groups is 1. The summed E-state index contributed by atoms with van der Waals surface area (Å²) in [7, 11) is 0. The largest absolute Gasteiger partial charge is 0.438 e. The molecule has 6 heteroatoms. The fourth-order valence-corrected chi connectivity index (χ4v) is 6.48. The number of rotatable bonds is 1. The van der Waals surface area contributed by atoms with E-state index in [4.69, 9.17) is 14.1 Å². The van der Waals surface area contributed by atoms with Crippen LogP contribution in [0.1, 0.15) is 75.5 Å². The third-order valence-corrected chi connectivity index (χ3v) is 8.61. The monoisotopic (exact) mass is 423 g/mol. The minimum atomic E-state index is -0.00387. The highest BCUT2D eigenvalue weighted by Gasteiger charge is 2.50. The second-order valence-electron chi connectivity index (χ2n) is 10.3. The molecule has 2 bridgehead atoms. The van der Waals surface area contributed by atoms with E-state index in [1.807, 2.05) is 0 Å². The lowest BCUT2D eigenvalue weighted by molar-refractivity contribution is 0.0386. The van der Waals surface area contributed by atoms with Gasteiger partial charge in [-0.25, -0.2) is 9.78 Å². The number of aromatic nitrogens is 1. The molecular formula is C25H33N3O3. The van der Waals surface area contributed by atoms with Crippen LogP contribution in [0.5, 0.6) is 0 Å². The van der Waals surface area contributed by atoms with Crippen LogP contribution < -0.4 is 0 Å². The number of piperidine rings is 2. The molecule has 0 radical (unpaired) electrons. The molecule has 6 nitrogen and oxygen atoms in total. The minimum absolute atomic E-state index is 0.00387. The van der Waals surface area contributed by atoms with Crippen LogP contribution in [0, 0.1) is 5.92 Å². The number of carbonyl (C=O) groups is 1. The summed E-state index contributed by atoms with van der Waals surface area (Å²) in [4.78, 5) is 22.5. The SMILES string of the molecule is C[C@@H]1[C@H]2Cc3cc4oc(C5CCCO5)nc4cc3[C@]1(C)CCN2C(=O)N1CCCCC1. The number of oxazole rings is 1. The molecule has 1 aliphatic carbocycles. The maximum Gasteiger partial charge on any atom is 0.320 e. The first-order chi connectivity index (χ1) is 15.0. The molecule has 4 atom stereocenters. The zero-order chi connectivity index (χ0) is 21.2. The first kappa shape index (κ1) is 19.6. The Morgan fingerprint density at radius 1 is 1.16 bits per heavy atom. The van der Waals surface area contributed by atoms with Gasteiger partial charge in [0.25, 0.3) is 0 Å². The Labute approximate surface area is 183 Å².